The number of pyridine rings is 1. The van der Waals surface area contributed by atoms with E-state index in [0.29, 0.717) is 5.75 Å². The number of nitrogens with one attached hydrogen (secondary N) is 1. The SMILES string of the molecule is Oc1ccc2c(c1)SC(c1ccc(N(C(P)(P)I)C(I)(I)I)nc1)N2. The summed E-state index contributed by atoms with van der Waals surface area (Å²) in [4.78, 5) is 8.00. The van der Waals surface area contributed by atoms with Gasteiger partial charge in [0.25, 0.3) is 0 Å². The summed E-state index contributed by atoms with van der Waals surface area (Å²) in [6.07, 6.45) is 1.92. The van der Waals surface area contributed by atoms with Gasteiger partial charge in [-0.1, -0.05) is 36.3 Å². The second-order valence-corrected chi connectivity index (χ2v) is 23.8. The van der Waals surface area contributed by atoms with Crippen LogP contribution in [0.25, 0.3) is 0 Å². The second kappa shape index (κ2) is 8.33. The number of anilines is 2. The average molecular weight is 841 g/mol. The van der Waals surface area contributed by atoms with Crippen molar-refractivity contribution in [3.05, 3.63) is 42.1 Å². The summed E-state index contributed by atoms with van der Waals surface area (Å²) in [5, 5.41) is 13.2. The van der Waals surface area contributed by atoms with Gasteiger partial charge in [-0.05, 0) is 115 Å². The molecule has 11 heteroatoms. The number of aromatic nitrogens is 1. The minimum atomic E-state index is -0.232. The Balaban J connectivity index is 1.84. The number of alkyl halides is 4. The van der Waals surface area contributed by atoms with Crippen molar-refractivity contribution in [1.82, 2.24) is 4.98 Å². The lowest BCUT2D eigenvalue weighted by Crippen LogP contribution is -2.42. The van der Waals surface area contributed by atoms with E-state index in [2.05, 4.69) is 131 Å². The van der Waals surface area contributed by atoms with Gasteiger partial charge in [0.15, 0.2) is -0.441 Å². The van der Waals surface area contributed by atoms with Crippen LogP contribution in [0, 0.1) is 0 Å². The van der Waals surface area contributed by atoms with E-state index < -0.39 is 0 Å². The molecule has 3 unspecified atom stereocenters. The highest BCUT2D eigenvalue weighted by Gasteiger charge is 2.38. The molecule has 0 saturated carbocycles. The van der Waals surface area contributed by atoms with Crippen LogP contribution in [0.1, 0.15) is 10.9 Å². The molecule has 0 fully saturated rings. The average Bonchev–Trinajstić information content (AvgIpc) is 2.88. The van der Waals surface area contributed by atoms with Gasteiger partial charge >= 0.3 is 0 Å². The van der Waals surface area contributed by atoms with Crippen LogP contribution in [-0.2, 0) is 0 Å². The lowest BCUT2D eigenvalue weighted by atomic mass is 10.2. The molecule has 2 heterocycles. The highest BCUT2D eigenvalue weighted by atomic mass is 127. The van der Waals surface area contributed by atoms with Gasteiger partial charge in [0.2, 0.25) is 0 Å². The third kappa shape index (κ3) is 5.29. The molecule has 0 amide bonds. The van der Waals surface area contributed by atoms with Crippen molar-refractivity contribution >= 4 is 132 Å². The van der Waals surface area contributed by atoms with E-state index in [1.54, 1.807) is 23.9 Å². The Morgan fingerprint density at radius 1 is 1.16 bits per heavy atom. The van der Waals surface area contributed by atoms with Crippen molar-refractivity contribution in [3.63, 3.8) is 0 Å². The van der Waals surface area contributed by atoms with Crippen LogP contribution in [0.2, 0.25) is 0 Å². The molecule has 0 aliphatic carbocycles. The Hall–Kier alpha value is 1.90. The lowest BCUT2D eigenvalue weighted by Gasteiger charge is -2.40. The molecule has 1 aromatic heterocycles. The second-order valence-electron chi connectivity index (χ2n) is 5.30. The van der Waals surface area contributed by atoms with Crippen molar-refractivity contribution in [3.8, 4) is 5.75 Å². The Morgan fingerprint density at radius 3 is 2.44 bits per heavy atom. The molecule has 3 atom stereocenters. The highest BCUT2D eigenvalue weighted by molar-refractivity contribution is 14.3. The van der Waals surface area contributed by atoms with E-state index in [1.807, 2.05) is 12.3 Å². The number of benzene rings is 1. The highest BCUT2D eigenvalue weighted by Crippen LogP contribution is 2.53. The number of halogens is 4. The van der Waals surface area contributed by atoms with Crippen molar-refractivity contribution in [2.45, 2.75) is 12.9 Å². The minimum absolute atomic E-state index is 0.103. The van der Waals surface area contributed by atoms with E-state index >= 15 is 0 Å². The van der Waals surface area contributed by atoms with Gasteiger partial charge in [-0.3, -0.25) is 0 Å². The third-order valence-electron chi connectivity index (χ3n) is 3.40. The summed E-state index contributed by atoms with van der Waals surface area (Å²) in [7, 11) is 5.69. The maximum absolute atomic E-state index is 9.64. The molecule has 4 nitrogen and oxygen atoms in total. The first kappa shape index (κ1) is 21.6. The monoisotopic (exact) mass is 841 g/mol. The van der Waals surface area contributed by atoms with E-state index in [-0.39, 0.29) is 7.96 Å². The Bertz CT molecular complexity index is 769. The smallest absolute Gasteiger partial charge is 0.197 e. The number of hydrogen-bond acceptors (Lipinski definition) is 5. The van der Waals surface area contributed by atoms with E-state index in [4.69, 9.17) is 4.98 Å². The quantitative estimate of drug-likeness (QED) is 0.121. The van der Waals surface area contributed by atoms with Crippen LogP contribution in [-0.4, -0.2) is 12.7 Å². The maximum atomic E-state index is 9.64. The van der Waals surface area contributed by atoms with E-state index in [0.717, 1.165) is 22.0 Å². The van der Waals surface area contributed by atoms with Gasteiger partial charge in [0.1, 0.15) is 20.0 Å². The molecular formula is C14H13I4N3OP2S. The number of phenolic OH excluding ortho intramolecular Hbond substituents is 1. The van der Waals surface area contributed by atoms with E-state index in [9.17, 15) is 5.11 Å². The summed E-state index contributed by atoms with van der Waals surface area (Å²) in [5.74, 6) is 1.21. The first-order valence-corrected chi connectivity index (χ1v) is 13.3. The van der Waals surface area contributed by atoms with E-state index in [1.165, 1.54) is 0 Å². The summed E-state index contributed by atoms with van der Waals surface area (Å²) in [5.41, 5.74) is 2.16. The number of rotatable bonds is 4. The zero-order valence-electron chi connectivity index (χ0n) is 12.5. The van der Waals surface area contributed by atoms with Crippen LogP contribution in [0.5, 0.6) is 5.75 Å². The molecule has 1 aliphatic heterocycles. The summed E-state index contributed by atoms with van der Waals surface area (Å²) >= 11 is 11.3. The number of nitrogens with zero attached hydrogens (tertiary/aromatic N) is 2. The zero-order chi connectivity index (χ0) is 18.4. The third-order valence-corrected chi connectivity index (χ3v) is 7.06. The molecular weight excluding hydrogens is 828 g/mol. The molecule has 25 heavy (non-hydrogen) atoms. The number of phenols is 1. The lowest BCUT2D eigenvalue weighted by molar-refractivity contribution is 0.474. The Labute approximate surface area is 210 Å². The summed E-state index contributed by atoms with van der Waals surface area (Å²) in [6.45, 7) is 0. The Morgan fingerprint density at radius 2 is 1.88 bits per heavy atom. The molecule has 134 valence electrons. The first-order chi connectivity index (χ1) is 11.6. The number of aromatic hydroxyl groups is 1. The zero-order valence-corrected chi connectivity index (χ0v) is 24.2. The topological polar surface area (TPSA) is 48.4 Å². The minimum Gasteiger partial charge on any atom is -0.508 e. The largest absolute Gasteiger partial charge is 0.508 e. The normalized spacial score (nSPS) is 17.1. The van der Waals surface area contributed by atoms with Gasteiger partial charge in [-0.15, -0.1) is 0 Å². The molecule has 3 rings (SSSR count). The van der Waals surface area contributed by atoms with Gasteiger partial charge in [0.05, 0.1) is 0 Å². The van der Waals surface area contributed by atoms with Crippen LogP contribution in [0.3, 0.4) is 0 Å². The number of fused-ring (bicyclic) bond motifs is 1. The molecule has 2 aromatic rings. The fraction of sp³-hybridized carbons (Fsp3) is 0.214. The van der Waals surface area contributed by atoms with Crippen LogP contribution in [0.15, 0.2) is 41.4 Å². The predicted octanol–water partition coefficient (Wildman–Crippen LogP) is 6.52. The molecule has 0 radical (unpaired) electrons. The van der Waals surface area contributed by atoms with Crippen LogP contribution < -0.4 is 10.2 Å². The van der Waals surface area contributed by atoms with Crippen LogP contribution >= 0.6 is 121 Å². The molecule has 0 spiro atoms. The maximum Gasteiger partial charge on any atom is 0.197 e. The van der Waals surface area contributed by atoms with Crippen LogP contribution in [0.4, 0.5) is 11.5 Å². The van der Waals surface area contributed by atoms with Gasteiger partial charge < -0.3 is 15.3 Å². The van der Waals surface area contributed by atoms with Crippen molar-refractivity contribution in [2.24, 2.45) is 0 Å². The van der Waals surface area contributed by atoms with Crippen molar-refractivity contribution in [2.75, 3.05) is 10.2 Å². The molecule has 1 aliphatic rings. The Kier molecular flexibility index (Phi) is 7.20. The van der Waals surface area contributed by atoms with Gasteiger partial charge in [-0.2, -0.15) is 0 Å². The number of thioether (sulfide) groups is 1. The fourth-order valence-electron chi connectivity index (χ4n) is 2.36. The molecule has 0 saturated heterocycles. The summed E-state index contributed by atoms with van der Waals surface area (Å²) in [6, 6.07) is 9.57. The summed E-state index contributed by atoms with van der Waals surface area (Å²) < 4.78 is -0.384. The number of hydrogen-bond donors (Lipinski definition) is 2. The molecule has 0 bridgehead atoms. The first-order valence-electron chi connectivity index (χ1n) is 6.91. The van der Waals surface area contributed by atoms with Gasteiger partial charge in [-0.25, -0.2) is 4.98 Å². The fourth-order valence-corrected chi connectivity index (χ4v) is 9.68. The predicted molar refractivity (Wildman–Crippen MR) is 148 cm³/mol. The standard InChI is InChI=1S/C14H13I4N3OP2S/c15-13(16,17)21(14(18,23)24)11-4-1-7(6-19-11)12-20-9-3-2-8(22)5-10(9)25-12/h1-6,12,20,22H,23-24H2. The van der Waals surface area contributed by atoms with Crippen molar-refractivity contribution in [1.29, 1.82) is 0 Å². The van der Waals surface area contributed by atoms with Gasteiger partial charge in [0, 0.05) is 22.3 Å². The van der Waals surface area contributed by atoms with Crippen molar-refractivity contribution < 1.29 is 5.11 Å². The molecule has 1 aromatic carbocycles. The molecule has 2 N–H and O–H groups in total.